The van der Waals surface area contributed by atoms with Crippen LogP contribution in [0.4, 0.5) is 0 Å². The highest BCUT2D eigenvalue weighted by Gasteiger charge is 2.10. The standard InChI is InChI=1S/C13H10O3/c1-3-12(15)10-5-9(8-14)6-11(7-10)13(16)4-2/h1-2,5-8,12-13,15-16H. The van der Waals surface area contributed by atoms with Crippen molar-refractivity contribution in [3.05, 3.63) is 34.9 Å². The zero-order valence-electron chi connectivity index (χ0n) is 8.42. The highest BCUT2D eigenvalue weighted by Crippen LogP contribution is 2.20. The molecule has 0 aliphatic carbocycles. The number of hydrogen-bond acceptors (Lipinski definition) is 3. The van der Waals surface area contributed by atoms with E-state index < -0.39 is 12.2 Å². The Bertz CT molecular complexity index is 439. The molecular formula is C13H10O3. The second-order valence-corrected chi connectivity index (χ2v) is 3.19. The second-order valence-electron chi connectivity index (χ2n) is 3.19. The van der Waals surface area contributed by atoms with E-state index in [0.29, 0.717) is 23.0 Å². The molecule has 16 heavy (non-hydrogen) atoms. The van der Waals surface area contributed by atoms with Crippen LogP contribution in [-0.2, 0) is 0 Å². The van der Waals surface area contributed by atoms with Crippen molar-refractivity contribution in [2.45, 2.75) is 12.2 Å². The predicted molar refractivity (Wildman–Crippen MR) is 59.4 cm³/mol. The number of carbonyl (C=O) groups is 1. The molecule has 0 saturated carbocycles. The molecule has 2 N–H and O–H groups in total. The first-order chi connectivity index (χ1) is 7.62. The minimum atomic E-state index is -1.12. The number of terminal acetylenes is 2. The lowest BCUT2D eigenvalue weighted by Crippen LogP contribution is -2.01. The molecule has 0 aliphatic heterocycles. The van der Waals surface area contributed by atoms with Crippen molar-refractivity contribution in [3.63, 3.8) is 0 Å². The summed E-state index contributed by atoms with van der Waals surface area (Å²) in [5.41, 5.74) is 1.02. The number of carbonyl (C=O) groups excluding carboxylic acids is 1. The molecule has 0 bridgehead atoms. The van der Waals surface area contributed by atoms with Gasteiger partial charge in [0.25, 0.3) is 0 Å². The molecule has 0 saturated heterocycles. The maximum atomic E-state index is 10.7. The van der Waals surface area contributed by atoms with Gasteiger partial charge in [-0.1, -0.05) is 11.8 Å². The van der Waals surface area contributed by atoms with Gasteiger partial charge in [-0.15, -0.1) is 12.8 Å². The molecule has 0 radical (unpaired) electrons. The van der Waals surface area contributed by atoms with E-state index >= 15 is 0 Å². The van der Waals surface area contributed by atoms with Crippen molar-refractivity contribution in [2.24, 2.45) is 0 Å². The summed E-state index contributed by atoms with van der Waals surface area (Å²) in [6.45, 7) is 0. The zero-order valence-corrected chi connectivity index (χ0v) is 8.42. The molecule has 0 aliphatic rings. The Kier molecular flexibility index (Phi) is 3.85. The molecule has 2 atom stereocenters. The SMILES string of the molecule is C#CC(O)c1cc(C=O)cc(C(O)C#C)c1. The van der Waals surface area contributed by atoms with E-state index in [1.807, 2.05) is 0 Å². The third-order valence-corrected chi connectivity index (χ3v) is 2.08. The molecule has 3 heteroatoms. The Morgan fingerprint density at radius 3 is 1.81 bits per heavy atom. The van der Waals surface area contributed by atoms with Gasteiger partial charge in [-0.25, -0.2) is 0 Å². The number of aldehydes is 1. The molecular weight excluding hydrogens is 204 g/mol. The highest BCUT2D eigenvalue weighted by molar-refractivity contribution is 5.75. The van der Waals surface area contributed by atoms with E-state index in [9.17, 15) is 15.0 Å². The van der Waals surface area contributed by atoms with Crippen molar-refractivity contribution in [1.82, 2.24) is 0 Å². The van der Waals surface area contributed by atoms with Gasteiger partial charge in [0.1, 0.15) is 18.5 Å². The van der Waals surface area contributed by atoms with Gasteiger partial charge in [-0.05, 0) is 29.3 Å². The van der Waals surface area contributed by atoms with Crippen molar-refractivity contribution < 1.29 is 15.0 Å². The maximum absolute atomic E-state index is 10.7. The van der Waals surface area contributed by atoms with Gasteiger partial charge in [-0.3, -0.25) is 4.79 Å². The van der Waals surface area contributed by atoms with Crippen molar-refractivity contribution in [2.75, 3.05) is 0 Å². The molecule has 80 valence electrons. The quantitative estimate of drug-likeness (QED) is 0.579. The summed E-state index contributed by atoms with van der Waals surface area (Å²) >= 11 is 0. The molecule has 0 heterocycles. The lowest BCUT2D eigenvalue weighted by atomic mass is 10.00. The van der Waals surface area contributed by atoms with Crippen LogP contribution in [0.25, 0.3) is 0 Å². The van der Waals surface area contributed by atoms with Gasteiger partial charge in [0.2, 0.25) is 0 Å². The van der Waals surface area contributed by atoms with Gasteiger partial charge < -0.3 is 10.2 Å². The monoisotopic (exact) mass is 214 g/mol. The van der Waals surface area contributed by atoms with Crippen LogP contribution in [-0.4, -0.2) is 16.5 Å². The first kappa shape index (κ1) is 12.0. The Morgan fingerprint density at radius 2 is 1.50 bits per heavy atom. The summed E-state index contributed by atoms with van der Waals surface area (Å²) in [6.07, 6.45) is 8.48. The van der Waals surface area contributed by atoms with Crippen molar-refractivity contribution in [3.8, 4) is 24.7 Å². The molecule has 0 fully saturated rings. The fourth-order valence-electron chi connectivity index (χ4n) is 1.28. The summed E-state index contributed by atoms with van der Waals surface area (Å²) < 4.78 is 0. The molecule has 1 rings (SSSR count). The van der Waals surface area contributed by atoms with Gasteiger partial charge in [0.05, 0.1) is 0 Å². The largest absolute Gasteiger partial charge is 0.376 e. The average molecular weight is 214 g/mol. The lowest BCUT2D eigenvalue weighted by Gasteiger charge is -2.10. The van der Waals surface area contributed by atoms with Crippen LogP contribution in [0.5, 0.6) is 0 Å². The van der Waals surface area contributed by atoms with Crippen LogP contribution < -0.4 is 0 Å². The maximum Gasteiger partial charge on any atom is 0.150 e. The summed E-state index contributed by atoms with van der Waals surface area (Å²) in [7, 11) is 0. The van der Waals surface area contributed by atoms with E-state index in [-0.39, 0.29) is 0 Å². The van der Waals surface area contributed by atoms with Crippen LogP contribution >= 0.6 is 0 Å². The normalized spacial score (nSPS) is 13.2. The van der Waals surface area contributed by atoms with Crippen LogP contribution in [0.3, 0.4) is 0 Å². The molecule has 0 aromatic heterocycles. The van der Waals surface area contributed by atoms with Crippen molar-refractivity contribution >= 4 is 6.29 Å². The van der Waals surface area contributed by atoms with E-state index in [1.165, 1.54) is 18.2 Å². The second kappa shape index (κ2) is 5.14. The van der Waals surface area contributed by atoms with Crippen molar-refractivity contribution in [1.29, 1.82) is 0 Å². The number of benzene rings is 1. The first-order valence-corrected chi connectivity index (χ1v) is 4.50. The van der Waals surface area contributed by atoms with E-state index in [1.54, 1.807) is 0 Å². The predicted octanol–water partition coefficient (Wildman–Crippen LogP) is 0.832. The van der Waals surface area contributed by atoms with Gasteiger partial charge in [0.15, 0.2) is 0 Å². The number of hydrogen-bond donors (Lipinski definition) is 2. The summed E-state index contributed by atoms with van der Waals surface area (Å²) in [5, 5.41) is 18.9. The Morgan fingerprint density at radius 1 is 1.06 bits per heavy atom. The Balaban J connectivity index is 3.28. The van der Waals surface area contributed by atoms with Crippen LogP contribution in [0.15, 0.2) is 18.2 Å². The fraction of sp³-hybridized carbons (Fsp3) is 0.154. The molecule has 2 unspecified atom stereocenters. The summed E-state index contributed by atoms with van der Waals surface area (Å²) in [5.74, 6) is 4.25. The van der Waals surface area contributed by atoms with E-state index in [4.69, 9.17) is 12.8 Å². The molecule has 1 aromatic carbocycles. The first-order valence-electron chi connectivity index (χ1n) is 4.50. The summed E-state index contributed by atoms with van der Waals surface area (Å²) in [6, 6.07) is 4.37. The lowest BCUT2D eigenvalue weighted by molar-refractivity contribution is 0.112. The number of rotatable bonds is 3. The van der Waals surface area contributed by atoms with E-state index in [0.717, 1.165) is 0 Å². The fourth-order valence-corrected chi connectivity index (χ4v) is 1.28. The third-order valence-electron chi connectivity index (χ3n) is 2.08. The van der Waals surface area contributed by atoms with E-state index in [2.05, 4.69) is 11.8 Å². The third kappa shape index (κ3) is 2.49. The van der Waals surface area contributed by atoms with Crippen LogP contribution in [0, 0.1) is 24.7 Å². The minimum Gasteiger partial charge on any atom is -0.376 e. The molecule has 1 aromatic rings. The Labute approximate surface area is 93.7 Å². The minimum absolute atomic E-state index is 0.302. The summed E-state index contributed by atoms with van der Waals surface area (Å²) in [4.78, 5) is 10.7. The highest BCUT2D eigenvalue weighted by atomic mass is 16.3. The molecule has 0 amide bonds. The van der Waals surface area contributed by atoms with Gasteiger partial charge >= 0.3 is 0 Å². The molecule has 3 nitrogen and oxygen atoms in total. The van der Waals surface area contributed by atoms with Crippen LogP contribution in [0.2, 0.25) is 0 Å². The molecule has 0 spiro atoms. The smallest absolute Gasteiger partial charge is 0.150 e. The topological polar surface area (TPSA) is 57.5 Å². The number of aliphatic hydroxyl groups is 2. The van der Waals surface area contributed by atoms with Crippen LogP contribution in [0.1, 0.15) is 33.7 Å². The Hall–Kier alpha value is -2.07. The van der Waals surface area contributed by atoms with Gasteiger partial charge in [0, 0.05) is 5.56 Å². The average Bonchev–Trinajstić information content (AvgIpc) is 2.35. The zero-order chi connectivity index (χ0) is 12.1. The van der Waals surface area contributed by atoms with Gasteiger partial charge in [-0.2, -0.15) is 0 Å². The number of aliphatic hydroxyl groups excluding tert-OH is 2.